The van der Waals surface area contributed by atoms with Crippen LogP contribution in [0.15, 0.2) is 29.6 Å². The quantitative estimate of drug-likeness (QED) is 0.683. The van der Waals surface area contributed by atoms with Gasteiger partial charge in [-0.2, -0.15) is 0 Å². The molecular weight excluding hydrogens is 276 g/mol. The Morgan fingerprint density at radius 3 is 2.95 bits per heavy atom. The minimum absolute atomic E-state index is 0.551. The van der Waals surface area contributed by atoms with Crippen molar-refractivity contribution in [3.05, 3.63) is 46.6 Å². The minimum Gasteiger partial charge on any atom is -0.244 e. The van der Waals surface area contributed by atoms with E-state index in [9.17, 15) is 0 Å². The van der Waals surface area contributed by atoms with E-state index in [2.05, 4.69) is 16.6 Å². The molecule has 0 N–H and O–H groups in total. The number of fused-ring (bicyclic) bond motifs is 1. The molecule has 0 spiro atoms. The highest BCUT2D eigenvalue weighted by molar-refractivity contribution is 7.13. The maximum Gasteiger partial charge on any atom is 0.125 e. The van der Waals surface area contributed by atoms with E-state index in [1.807, 2.05) is 24.3 Å². The third-order valence-corrected chi connectivity index (χ3v) is 4.55. The number of hydrogen-bond acceptors (Lipinski definition) is 3. The van der Waals surface area contributed by atoms with Crippen LogP contribution in [0.1, 0.15) is 24.5 Å². The lowest BCUT2D eigenvalue weighted by Gasteiger charge is -2.04. The van der Waals surface area contributed by atoms with Crippen LogP contribution in [-0.2, 0) is 0 Å². The van der Waals surface area contributed by atoms with E-state index in [4.69, 9.17) is 16.6 Å². The lowest BCUT2D eigenvalue weighted by atomic mass is 10.1. The summed E-state index contributed by atoms with van der Waals surface area (Å²) in [5, 5.41) is 4.72. The second-order valence-electron chi connectivity index (χ2n) is 4.78. The predicted octanol–water partition coefficient (Wildman–Crippen LogP) is 4.69. The Kier molecular flexibility index (Phi) is 2.57. The van der Waals surface area contributed by atoms with Crippen LogP contribution in [0.25, 0.3) is 21.5 Å². The Hall–Kier alpha value is -1.45. The number of halogens is 1. The first kappa shape index (κ1) is 11.4. The molecule has 1 aromatic carbocycles. The first-order valence-electron chi connectivity index (χ1n) is 6.24. The van der Waals surface area contributed by atoms with Crippen molar-refractivity contribution < 1.29 is 0 Å². The lowest BCUT2D eigenvalue weighted by Crippen LogP contribution is -1.87. The van der Waals surface area contributed by atoms with Crippen molar-refractivity contribution in [3.63, 3.8) is 0 Å². The van der Waals surface area contributed by atoms with Gasteiger partial charge in [-0.05, 0) is 18.9 Å². The van der Waals surface area contributed by atoms with Gasteiger partial charge in [0.2, 0.25) is 0 Å². The average molecular weight is 286 g/mol. The van der Waals surface area contributed by atoms with E-state index >= 15 is 0 Å². The van der Waals surface area contributed by atoms with Crippen LogP contribution in [-0.4, -0.2) is 9.97 Å². The summed E-state index contributed by atoms with van der Waals surface area (Å²) in [5.41, 5.74) is 3.08. The predicted molar refractivity (Wildman–Crippen MR) is 78.7 cm³/mol. The van der Waals surface area contributed by atoms with Gasteiger partial charge in [0.1, 0.15) is 11.2 Å². The smallest absolute Gasteiger partial charge is 0.125 e. The molecule has 19 heavy (non-hydrogen) atoms. The van der Waals surface area contributed by atoms with Crippen molar-refractivity contribution in [2.45, 2.75) is 18.8 Å². The molecule has 4 heteroatoms. The van der Waals surface area contributed by atoms with Crippen molar-refractivity contribution >= 4 is 33.8 Å². The molecule has 1 fully saturated rings. The highest BCUT2D eigenvalue weighted by Gasteiger charge is 2.26. The SMILES string of the molecule is Clc1[c]nc2ccccc2c1-c1nc(C2CC2)cs1. The molecule has 4 rings (SSSR count). The fraction of sp³-hybridized carbons (Fsp3) is 0.200. The lowest BCUT2D eigenvalue weighted by molar-refractivity contribution is 1.05. The van der Waals surface area contributed by atoms with E-state index in [1.165, 1.54) is 18.5 Å². The Balaban J connectivity index is 1.94. The van der Waals surface area contributed by atoms with Gasteiger partial charge in [-0.1, -0.05) is 29.8 Å². The fourth-order valence-corrected chi connectivity index (χ4v) is 3.50. The summed E-state index contributed by atoms with van der Waals surface area (Å²) in [4.78, 5) is 8.98. The van der Waals surface area contributed by atoms with E-state index < -0.39 is 0 Å². The van der Waals surface area contributed by atoms with Gasteiger partial charge in [0, 0.05) is 22.2 Å². The number of nitrogens with zero attached hydrogens (tertiary/aromatic N) is 2. The molecule has 2 heterocycles. The molecule has 3 aromatic rings. The fourth-order valence-electron chi connectivity index (χ4n) is 2.24. The van der Waals surface area contributed by atoms with Crippen LogP contribution in [0.5, 0.6) is 0 Å². The molecular formula is C15H10ClN2S. The number of benzene rings is 1. The van der Waals surface area contributed by atoms with E-state index in [-0.39, 0.29) is 0 Å². The van der Waals surface area contributed by atoms with Crippen molar-refractivity contribution in [2.75, 3.05) is 0 Å². The van der Waals surface area contributed by atoms with Gasteiger partial charge in [0.15, 0.2) is 0 Å². The second-order valence-corrected chi connectivity index (χ2v) is 6.02. The van der Waals surface area contributed by atoms with Gasteiger partial charge < -0.3 is 0 Å². The Morgan fingerprint density at radius 1 is 1.26 bits per heavy atom. The van der Waals surface area contributed by atoms with Gasteiger partial charge in [-0.15, -0.1) is 11.3 Å². The maximum atomic E-state index is 6.29. The first-order chi connectivity index (χ1) is 9.33. The Morgan fingerprint density at radius 2 is 2.11 bits per heavy atom. The zero-order chi connectivity index (χ0) is 12.8. The zero-order valence-electron chi connectivity index (χ0n) is 10.1. The molecule has 0 amide bonds. The summed E-state index contributed by atoms with van der Waals surface area (Å²) in [6, 6.07) is 7.98. The molecule has 1 saturated carbocycles. The summed E-state index contributed by atoms with van der Waals surface area (Å²) in [7, 11) is 0. The average Bonchev–Trinajstić information content (AvgIpc) is 3.18. The van der Waals surface area contributed by atoms with Crippen molar-refractivity contribution in [1.82, 2.24) is 9.97 Å². The Bertz CT molecular complexity index is 762. The van der Waals surface area contributed by atoms with E-state index in [0.717, 1.165) is 21.5 Å². The number of rotatable bonds is 2. The van der Waals surface area contributed by atoms with Gasteiger partial charge in [0.05, 0.1) is 16.2 Å². The molecule has 2 aromatic heterocycles. The molecule has 0 aliphatic heterocycles. The summed E-state index contributed by atoms with van der Waals surface area (Å²) in [6.07, 6.45) is 5.41. The normalized spacial score (nSPS) is 15.0. The van der Waals surface area contributed by atoms with Gasteiger partial charge in [0.25, 0.3) is 0 Å². The molecule has 0 unspecified atom stereocenters. The molecule has 1 radical (unpaired) electrons. The van der Waals surface area contributed by atoms with Gasteiger partial charge in [-0.25, -0.2) is 9.97 Å². The summed E-state index contributed by atoms with van der Waals surface area (Å²) < 4.78 is 0. The topological polar surface area (TPSA) is 25.8 Å². The molecule has 0 atom stereocenters. The van der Waals surface area contributed by atoms with Crippen LogP contribution >= 0.6 is 22.9 Å². The van der Waals surface area contributed by atoms with Crippen molar-refractivity contribution in [1.29, 1.82) is 0 Å². The molecule has 0 saturated heterocycles. The number of aromatic nitrogens is 2. The monoisotopic (exact) mass is 285 g/mol. The van der Waals surface area contributed by atoms with Crippen LogP contribution in [0.3, 0.4) is 0 Å². The highest BCUT2D eigenvalue weighted by atomic mass is 35.5. The standard InChI is InChI=1S/C15H10ClN2S/c16-11-7-17-12-4-2-1-3-10(12)14(11)15-18-13(8-19-15)9-5-6-9/h1-4,8-9H,5-6H2. The number of hydrogen-bond donors (Lipinski definition) is 0. The summed E-state index contributed by atoms with van der Waals surface area (Å²) in [5.74, 6) is 0.667. The van der Waals surface area contributed by atoms with Crippen molar-refractivity contribution in [3.8, 4) is 10.6 Å². The largest absolute Gasteiger partial charge is 0.244 e. The van der Waals surface area contributed by atoms with Gasteiger partial charge in [-0.3, -0.25) is 0 Å². The molecule has 2 nitrogen and oxygen atoms in total. The third kappa shape index (κ3) is 1.94. The number of pyridine rings is 1. The third-order valence-electron chi connectivity index (χ3n) is 3.40. The zero-order valence-corrected chi connectivity index (χ0v) is 11.6. The van der Waals surface area contributed by atoms with Crippen LogP contribution in [0.2, 0.25) is 5.02 Å². The minimum atomic E-state index is 0.551. The molecule has 1 aliphatic rings. The molecule has 93 valence electrons. The Labute approximate surface area is 120 Å². The summed E-state index contributed by atoms with van der Waals surface area (Å²) >= 11 is 7.95. The van der Waals surface area contributed by atoms with Gasteiger partial charge >= 0.3 is 0 Å². The van der Waals surface area contributed by atoms with Crippen LogP contribution < -0.4 is 0 Å². The van der Waals surface area contributed by atoms with Crippen LogP contribution in [0, 0.1) is 6.20 Å². The molecule has 0 bridgehead atoms. The molecule has 1 aliphatic carbocycles. The number of para-hydroxylation sites is 1. The first-order valence-corrected chi connectivity index (χ1v) is 7.50. The number of thiazole rings is 1. The van der Waals surface area contributed by atoms with E-state index in [1.54, 1.807) is 11.3 Å². The highest BCUT2D eigenvalue weighted by Crippen LogP contribution is 2.43. The maximum absolute atomic E-state index is 6.29. The summed E-state index contributed by atoms with van der Waals surface area (Å²) in [6.45, 7) is 0. The van der Waals surface area contributed by atoms with Crippen LogP contribution in [0.4, 0.5) is 0 Å². The van der Waals surface area contributed by atoms with E-state index in [0.29, 0.717) is 10.9 Å². The van der Waals surface area contributed by atoms with Crippen molar-refractivity contribution in [2.24, 2.45) is 0 Å². The second kappa shape index (κ2) is 4.29.